The Kier molecular flexibility index (Phi) is 4.39. The summed E-state index contributed by atoms with van der Waals surface area (Å²) < 4.78 is 70.8. The van der Waals surface area contributed by atoms with Gasteiger partial charge in [0.05, 0.1) is 10.5 Å². The molecule has 0 aliphatic carbocycles. The highest BCUT2D eigenvalue weighted by molar-refractivity contribution is 7.90. The van der Waals surface area contributed by atoms with Gasteiger partial charge in [-0.2, -0.15) is 13.2 Å². The number of hydrogen-bond donors (Lipinski definition) is 1. The van der Waals surface area contributed by atoms with E-state index in [2.05, 4.69) is 4.98 Å². The third-order valence-electron chi connectivity index (χ3n) is 3.73. The minimum atomic E-state index is -4.84. The molecule has 0 fully saturated rings. The minimum absolute atomic E-state index is 0.111. The van der Waals surface area contributed by atoms with E-state index in [0.29, 0.717) is 23.8 Å². The van der Waals surface area contributed by atoms with Gasteiger partial charge in [0.15, 0.2) is 0 Å². The number of sulfonamides is 1. The second-order valence-electron chi connectivity index (χ2n) is 5.73. The third-order valence-corrected chi connectivity index (χ3v) is 5.06. The molecule has 2 heterocycles. The Bertz CT molecular complexity index is 974. The fraction of sp³-hybridized carbons (Fsp3) is 0.250. The molecule has 1 unspecified atom stereocenters. The van der Waals surface area contributed by atoms with Crippen LogP contribution in [-0.4, -0.2) is 25.4 Å². The summed E-state index contributed by atoms with van der Waals surface area (Å²) in [6, 6.07) is 5.66. The molecule has 0 radical (unpaired) electrons. The number of rotatable bonds is 3. The minimum Gasteiger partial charge on any atom is -0.490 e. The summed E-state index contributed by atoms with van der Waals surface area (Å²) in [4.78, 5) is 15.2. The average molecular weight is 386 g/mol. The summed E-state index contributed by atoms with van der Waals surface area (Å²) in [5, 5.41) is 0. The molecule has 1 aromatic heterocycles. The van der Waals surface area contributed by atoms with Gasteiger partial charge in [-0.15, -0.1) is 0 Å². The molecule has 0 bridgehead atoms. The maximum absolute atomic E-state index is 13.0. The van der Waals surface area contributed by atoms with Crippen molar-refractivity contribution in [3.63, 3.8) is 0 Å². The maximum atomic E-state index is 13.0. The summed E-state index contributed by atoms with van der Waals surface area (Å²) in [7, 11) is -4.37. The van der Waals surface area contributed by atoms with E-state index >= 15 is 0 Å². The van der Waals surface area contributed by atoms with Crippen LogP contribution in [0.25, 0.3) is 0 Å². The first-order chi connectivity index (χ1) is 12.1. The van der Waals surface area contributed by atoms with E-state index in [0.717, 1.165) is 12.3 Å². The van der Waals surface area contributed by atoms with Crippen LogP contribution in [0.4, 0.5) is 13.2 Å². The Morgan fingerprint density at radius 3 is 2.73 bits per heavy atom. The predicted octanol–water partition coefficient (Wildman–Crippen LogP) is 2.54. The maximum Gasteiger partial charge on any atom is 0.418 e. The topological polar surface area (TPSA) is 85.4 Å². The second-order valence-corrected chi connectivity index (χ2v) is 7.42. The monoisotopic (exact) mass is 386 g/mol. The molecule has 0 saturated heterocycles. The van der Waals surface area contributed by atoms with Gasteiger partial charge >= 0.3 is 6.18 Å². The number of carbonyl (C=O) groups is 1. The molecule has 2 aromatic rings. The van der Waals surface area contributed by atoms with Gasteiger partial charge in [0.25, 0.3) is 15.9 Å². The van der Waals surface area contributed by atoms with E-state index in [1.54, 1.807) is 4.72 Å². The molecule has 1 N–H and O–H groups in total. The van der Waals surface area contributed by atoms with Gasteiger partial charge in [-0.3, -0.25) is 9.78 Å². The molecule has 1 aromatic carbocycles. The van der Waals surface area contributed by atoms with E-state index in [-0.39, 0.29) is 11.0 Å². The quantitative estimate of drug-likeness (QED) is 0.876. The highest BCUT2D eigenvalue weighted by atomic mass is 32.2. The third kappa shape index (κ3) is 3.50. The van der Waals surface area contributed by atoms with Crippen LogP contribution in [0, 0.1) is 0 Å². The van der Waals surface area contributed by atoms with Crippen LogP contribution in [0.15, 0.2) is 41.4 Å². The molecule has 0 spiro atoms. The number of ether oxygens (including phenoxy) is 1. The van der Waals surface area contributed by atoms with Crippen molar-refractivity contribution in [2.75, 3.05) is 0 Å². The standard InChI is InChI=1S/C16H13F3N2O4S/c1-9-7-10-8-11(4-5-13(10)25-9)26(23,24)21-15(22)14-12(16(17,18)19)3-2-6-20-14/h2-6,8-9H,7H2,1H3,(H,21,22). The number of benzene rings is 1. The van der Waals surface area contributed by atoms with Crippen LogP contribution in [0.2, 0.25) is 0 Å². The highest BCUT2D eigenvalue weighted by Gasteiger charge is 2.37. The lowest BCUT2D eigenvalue weighted by Gasteiger charge is -2.12. The number of nitrogens with one attached hydrogen (secondary N) is 1. The van der Waals surface area contributed by atoms with Gasteiger partial charge in [-0.05, 0) is 42.8 Å². The second kappa shape index (κ2) is 6.27. The zero-order valence-electron chi connectivity index (χ0n) is 13.4. The van der Waals surface area contributed by atoms with Crippen molar-refractivity contribution in [1.29, 1.82) is 0 Å². The molecule has 26 heavy (non-hydrogen) atoms. The molecule has 10 heteroatoms. The largest absolute Gasteiger partial charge is 0.490 e. The van der Waals surface area contributed by atoms with Crippen molar-refractivity contribution >= 4 is 15.9 Å². The summed E-state index contributed by atoms with van der Waals surface area (Å²) in [6.45, 7) is 1.82. The van der Waals surface area contributed by atoms with E-state index in [1.165, 1.54) is 18.2 Å². The van der Waals surface area contributed by atoms with Crippen LogP contribution in [0.1, 0.15) is 28.5 Å². The molecule has 138 valence electrons. The lowest BCUT2D eigenvalue weighted by molar-refractivity contribution is -0.138. The first kappa shape index (κ1) is 18.2. The molecule has 3 rings (SSSR count). The number of pyridine rings is 1. The Hall–Kier alpha value is -2.62. The Labute approximate surface area is 147 Å². The Morgan fingerprint density at radius 1 is 1.31 bits per heavy atom. The van der Waals surface area contributed by atoms with Crippen LogP contribution < -0.4 is 9.46 Å². The number of nitrogens with zero attached hydrogens (tertiary/aromatic N) is 1. The number of alkyl halides is 3. The van der Waals surface area contributed by atoms with Gasteiger partial charge in [0, 0.05) is 12.6 Å². The Balaban J connectivity index is 1.90. The summed E-state index contributed by atoms with van der Waals surface area (Å²) in [5.41, 5.74) is -1.69. The number of hydrogen-bond acceptors (Lipinski definition) is 5. The van der Waals surface area contributed by atoms with Crippen molar-refractivity contribution in [2.45, 2.75) is 30.5 Å². The lowest BCUT2D eigenvalue weighted by atomic mass is 10.1. The predicted molar refractivity (Wildman–Crippen MR) is 84.1 cm³/mol. The summed E-state index contributed by atoms with van der Waals surface area (Å²) in [6.07, 6.45) is -3.48. The van der Waals surface area contributed by atoms with Crippen LogP contribution in [-0.2, 0) is 22.6 Å². The summed E-state index contributed by atoms with van der Waals surface area (Å²) in [5.74, 6) is -0.921. The molecule has 1 aliphatic heterocycles. The highest BCUT2D eigenvalue weighted by Crippen LogP contribution is 2.32. The zero-order chi connectivity index (χ0) is 19.1. The first-order valence-electron chi connectivity index (χ1n) is 7.47. The van der Waals surface area contributed by atoms with Gasteiger partial charge < -0.3 is 4.74 Å². The molecule has 1 aliphatic rings. The molecule has 0 saturated carbocycles. The fourth-order valence-electron chi connectivity index (χ4n) is 2.61. The van der Waals surface area contributed by atoms with Crippen LogP contribution in [0.3, 0.4) is 0 Å². The normalized spacial score (nSPS) is 16.7. The SMILES string of the molecule is CC1Cc2cc(S(=O)(=O)NC(=O)c3ncccc3C(F)(F)F)ccc2O1. The van der Waals surface area contributed by atoms with Gasteiger partial charge in [-0.25, -0.2) is 13.1 Å². The van der Waals surface area contributed by atoms with Crippen molar-refractivity contribution in [3.8, 4) is 5.75 Å². The van der Waals surface area contributed by atoms with Crippen molar-refractivity contribution in [2.24, 2.45) is 0 Å². The molecule has 1 atom stereocenters. The van der Waals surface area contributed by atoms with Crippen molar-refractivity contribution in [1.82, 2.24) is 9.71 Å². The van der Waals surface area contributed by atoms with E-state index < -0.39 is 33.4 Å². The van der Waals surface area contributed by atoms with Crippen molar-refractivity contribution in [3.05, 3.63) is 53.3 Å². The number of halogens is 3. The molecule has 6 nitrogen and oxygen atoms in total. The number of fused-ring (bicyclic) bond motifs is 1. The van der Waals surface area contributed by atoms with E-state index in [4.69, 9.17) is 4.74 Å². The van der Waals surface area contributed by atoms with Crippen molar-refractivity contribution < 1.29 is 31.1 Å². The Morgan fingerprint density at radius 2 is 2.04 bits per heavy atom. The smallest absolute Gasteiger partial charge is 0.418 e. The van der Waals surface area contributed by atoms with Gasteiger partial charge in [0.2, 0.25) is 0 Å². The van der Waals surface area contributed by atoms with Gasteiger partial charge in [-0.1, -0.05) is 0 Å². The number of amides is 1. The number of aromatic nitrogens is 1. The zero-order valence-corrected chi connectivity index (χ0v) is 14.2. The van der Waals surface area contributed by atoms with E-state index in [9.17, 15) is 26.4 Å². The van der Waals surface area contributed by atoms with Crippen LogP contribution in [0.5, 0.6) is 5.75 Å². The fourth-order valence-corrected chi connectivity index (χ4v) is 3.61. The average Bonchev–Trinajstić information content (AvgIpc) is 2.92. The first-order valence-corrected chi connectivity index (χ1v) is 8.95. The van der Waals surface area contributed by atoms with Crippen LogP contribution >= 0.6 is 0 Å². The molecule has 1 amide bonds. The summed E-state index contributed by atoms with van der Waals surface area (Å²) >= 11 is 0. The van der Waals surface area contributed by atoms with Gasteiger partial charge in [0.1, 0.15) is 17.5 Å². The molecular formula is C16H13F3N2O4S. The van der Waals surface area contributed by atoms with E-state index in [1.807, 2.05) is 6.92 Å². The number of carbonyl (C=O) groups excluding carboxylic acids is 1. The molecular weight excluding hydrogens is 373 g/mol. The lowest BCUT2D eigenvalue weighted by Crippen LogP contribution is -2.33.